The molecule has 0 aliphatic carbocycles. The third-order valence-corrected chi connectivity index (χ3v) is 5.42. The molecule has 0 radical (unpaired) electrons. The number of piperazine rings is 1. The summed E-state index contributed by atoms with van der Waals surface area (Å²) in [4.78, 5) is 29.2. The van der Waals surface area contributed by atoms with E-state index in [2.05, 4.69) is 0 Å². The lowest BCUT2D eigenvalue weighted by atomic mass is 10.1. The van der Waals surface area contributed by atoms with Crippen LogP contribution in [0, 0.1) is 5.82 Å². The summed E-state index contributed by atoms with van der Waals surface area (Å²) in [6.07, 6.45) is 0. The summed E-state index contributed by atoms with van der Waals surface area (Å²) in [6.45, 7) is 1.48. The number of ether oxygens (including phenoxy) is 1. The van der Waals surface area contributed by atoms with Gasteiger partial charge in [-0.3, -0.25) is 9.59 Å². The van der Waals surface area contributed by atoms with E-state index in [-0.39, 0.29) is 22.4 Å². The van der Waals surface area contributed by atoms with Gasteiger partial charge in [0.1, 0.15) is 17.3 Å². The van der Waals surface area contributed by atoms with E-state index in [0.29, 0.717) is 43.2 Å². The predicted molar refractivity (Wildman–Crippen MR) is 116 cm³/mol. The highest BCUT2D eigenvalue weighted by Crippen LogP contribution is 2.27. The monoisotopic (exact) mass is 438 g/mol. The van der Waals surface area contributed by atoms with E-state index in [0.717, 1.165) is 6.07 Å². The minimum absolute atomic E-state index is 0.0792. The Kier molecular flexibility index (Phi) is 6.18. The van der Waals surface area contributed by atoms with Crippen molar-refractivity contribution in [3.63, 3.8) is 0 Å². The van der Waals surface area contributed by atoms with Gasteiger partial charge in [0.05, 0.1) is 16.1 Å². The number of rotatable bonds is 4. The number of carbonyl (C=O) groups is 2. The maximum absolute atomic E-state index is 13.3. The Hall–Kier alpha value is -3.38. The fourth-order valence-corrected chi connectivity index (χ4v) is 3.71. The van der Waals surface area contributed by atoms with Crippen molar-refractivity contribution >= 4 is 23.4 Å². The van der Waals surface area contributed by atoms with Crippen LogP contribution in [0.25, 0.3) is 0 Å². The van der Waals surface area contributed by atoms with E-state index in [1.165, 1.54) is 12.1 Å². The highest BCUT2D eigenvalue weighted by Gasteiger charge is 2.28. The van der Waals surface area contributed by atoms with Gasteiger partial charge < -0.3 is 14.5 Å². The molecular formula is C24H20ClFN2O3. The molecule has 3 aromatic rings. The van der Waals surface area contributed by atoms with Gasteiger partial charge in [0.15, 0.2) is 0 Å². The van der Waals surface area contributed by atoms with Crippen LogP contribution in [0.2, 0.25) is 5.02 Å². The van der Waals surface area contributed by atoms with Gasteiger partial charge in [0.2, 0.25) is 0 Å². The summed E-state index contributed by atoms with van der Waals surface area (Å²) in [5.41, 5.74) is 0.720. The highest BCUT2D eigenvalue weighted by atomic mass is 35.5. The number of halogens is 2. The molecule has 5 nitrogen and oxygen atoms in total. The maximum atomic E-state index is 13.3. The molecular weight excluding hydrogens is 419 g/mol. The van der Waals surface area contributed by atoms with Gasteiger partial charge in [0.25, 0.3) is 11.8 Å². The molecule has 0 saturated carbocycles. The van der Waals surface area contributed by atoms with Crippen LogP contribution in [0.15, 0.2) is 72.8 Å². The Morgan fingerprint density at radius 2 is 1.35 bits per heavy atom. The zero-order valence-electron chi connectivity index (χ0n) is 16.6. The molecule has 1 aliphatic heterocycles. The van der Waals surface area contributed by atoms with E-state index in [9.17, 15) is 14.0 Å². The van der Waals surface area contributed by atoms with Crippen molar-refractivity contribution in [1.82, 2.24) is 9.80 Å². The first-order valence-electron chi connectivity index (χ1n) is 9.88. The summed E-state index contributed by atoms with van der Waals surface area (Å²) < 4.78 is 19.2. The van der Waals surface area contributed by atoms with Crippen molar-refractivity contribution in [3.05, 3.63) is 94.8 Å². The van der Waals surface area contributed by atoms with E-state index in [1.807, 2.05) is 36.4 Å². The van der Waals surface area contributed by atoms with Crippen LogP contribution in [-0.4, -0.2) is 47.8 Å². The lowest BCUT2D eigenvalue weighted by Crippen LogP contribution is -2.50. The molecule has 0 unspecified atom stereocenters. The minimum Gasteiger partial charge on any atom is -0.457 e. The smallest absolute Gasteiger partial charge is 0.257 e. The van der Waals surface area contributed by atoms with Gasteiger partial charge in [-0.2, -0.15) is 0 Å². The summed E-state index contributed by atoms with van der Waals surface area (Å²) in [5.74, 6) is 0.210. The normalized spacial score (nSPS) is 13.7. The van der Waals surface area contributed by atoms with E-state index in [4.69, 9.17) is 16.3 Å². The van der Waals surface area contributed by atoms with Crippen LogP contribution in [0.1, 0.15) is 20.7 Å². The molecule has 1 saturated heterocycles. The van der Waals surface area contributed by atoms with E-state index >= 15 is 0 Å². The van der Waals surface area contributed by atoms with Gasteiger partial charge >= 0.3 is 0 Å². The summed E-state index contributed by atoms with van der Waals surface area (Å²) in [7, 11) is 0. The Morgan fingerprint density at radius 1 is 0.774 bits per heavy atom. The van der Waals surface area contributed by atoms with E-state index < -0.39 is 5.82 Å². The highest BCUT2D eigenvalue weighted by molar-refractivity contribution is 6.33. The maximum Gasteiger partial charge on any atom is 0.257 e. The lowest BCUT2D eigenvalue weighted by molar-refractivity contribution is 0.0534. The largest absolute Gasteiger partial charge is 0.457 e. The lowest BCUT2D eigenvalue weighted by Gasteiger charge is -2.35. The number of amides is 2. The molecule has 0 bridgehead atoms. The molecule has 1 fully saturated rings. The van der Waals surface area contributed by atoms with Gasteiger partial charge in [0, 0.05) is 26.2 Å². The van der Waals surface area contributed by atoms with Crippen molar-refractivity contribution in [2.75, 3.05) is 26.2 Å². The molecule has 0 aromatic heterocycles. The molecule has 4 rings (SSSR count). The van der Waals surface area contributed by atoms with Crippen LogP contribution in [0.5, 0.6) is 11.5 Å². The standard InChI is InChI=1S/C24H20ClFN2O3/c25-21-16-17(26)10-11-19(21)23(29)27-12-14-28(15-13-27)24(30)20-8-4-5-9-22(20)31-18-6-2-1-3-7-18/h1-11,16H,12-15H2. The van der Waals surface area contributed by atoms with Gasteiger partial charge in [-0.15, -0.1) is 0 Å². The van der Waals surface area contributed by atoms with Crippen molar-refractivity contribution in [3.8, 4) is 11.5 Å². The molecule has 2 amide bonds. The number of hydrogen-bond acceptors (Lipinski definition) is 3. The van der Waals surface area contributed by atoms with Crippen LogP contribution < -0.4 is 4.74 Å². The van der Waals surface area contributed by atoms with Crippen LogP contribution in [-0.2, 0) is 0 Å². The molecule has 0 spiro atoms. The Morgan fingerprint density at radius 3 is 2.00 bits per heavy atom. The minimum atomic E-state index is -0.492. The number of hydrogen-bond donors (Lipinski definition) is 0. The summed E-state index contributed by atoms with van der Waals surface area (Å²) in [6, 6.07) is 20.1. The van der Waals surface area contributed by atoms with Gasteiger partial charge in [-0.25, -0.2) is 4.39 Å². The van der Waals surface area contributed by atoms with Gasteiger partial charge in [-0.05, 0) is 42.5 Å². The van der Waals surface area contributed by atoms with Crippen LogP contribution >= 0.6 is 11.6 Å². The first-order chi connectivity index (χ1) is 15.0. The molecule has 1 aliphatic rings. The van der Waals surface area contributed by atoms with Crippen molar-refractivity contribution < 1.29 is 18.7 Å². The Labute approximate surface area is 184 Å². The molecule has 0 atom stereocenters. The zero-order valence-corrected chi connectivity index (χ0v) is 17.4. The zero-order chi connectivity index (χ0) is 21.8. The quantitative estimate of drug-likeness (QED) is 0.584. The second kappa shape index (κ2) is 9.18. The number of para-hydroxylation sites is 2. The van der Waals surface area contributed by atoms with Crippen molar-refractivity contribution in [1.29, 1.82) is 0 Å². The molecule has 0 N–H and O–H groups in total. The van der Waals surface area contributed by atoms with Crippen LogP contribution in [0.4, 0.5) is 4.39 Å². The Balaban J connectivity index is 1.44. The fraction of sp³-hybridized carbons (Fsp3) is 0.167. The first kappa shape index (κ1) is 20.9. The number of carbonyl (C=O) groups excluding carboxylic acids is 2. The first-order valence-corrected chi connectivity index (χ1v) is 10.3. The van der Waals surface area contributed by atoms with E-state index in [1.54, 1.807) is 28.0 Å². The van der Waals surface area contributed by atoms with Crippen molar-refractivity contribution in [2.24, 2.45) is 0 Å². The second-order valence-electron chi connectivity index (χ2n) is 7.12. The fourth-order valence-electron chi connectivity index (χ4n) is 3.46. The molecule has 1 heterocycles. The predicted octanol–water partition coefficient (Wildman–Crippen LogP) is 4.87. The van der Waals surface area contributed by atoms with Crippen molar-refractivity contribution in [2.45, 2.75) is 0 Å². The molecule has 31 heavy (non-hydrogen) atoms. The summed E-state index contributed by atoms with van der Waals surface area (Å²) in [5, 5.41) is 0.0792. The average molecular weight is 439 g/mol. The average Bonchev–Trinajstić information content (AvgIpc) is 2.79. The molecule has 158 valence electrons. The summed E-state index contributed by atoms with van der Waals surface area (Å²) >= 11 is 6.02. The van der Waals surface area contributed by atoms with Gasteiger partial charge in [-0.1, -0.05) is 41.9 Å². The third-order valence-electron chi connectivity index (χ3n) is 5.10. The third kappa shape index (κ3) is 4.70. The molecule has 3 aromatic carbocycles. The molecule has 7 heteroatoms. The SMILES string of the molecule is O=C(c1ccc(F)cc1Cl)N1CCN(C(=O)c2ccccc2Oc2ccccc2)CC1. The Bertz CT molecular complexity index is 1100. The number of benzene rings is 3. The topological polar surface area (TPSA) is 49.9 Å². The second-order valence-corrected chi connectivity index (χ2v) is 7.53. The van der Waals surface area contributed by atoms with Crippen LogP contribution in [0.3, 0.4) is 0 Å². The number of nitrogens with zero attached hydrogens (tertiary/aromatic N) is 2.